The van der Waals surface area contributed by atoms with Gasteiger partial charge < -0.3 is 10.0 Å². The van der Waals surface area contributed by atoms with Crippen molar-refractivity contribution in [2.75, 3.05) is 13.1 Å². The number of aliphatic carboxylic acids is 1. The molecular formula is C18H19NO3S. The van der Waals surface area contributed by atoms with Crippen LogP contribution in [0.3, 0.4) is 0 Å². The van der Waals surface area contributed by atoms with E-state index in [1.165, 1.54) is 11.3 Å². The Hall–Kier alpha value is -2.14. The standard InChI is InChI=1S/C18H19NO3S/c1-13-7-12-23-15(13)16(20)19-10-8-18(9-11-19,17(21)22)14-5-3-2-4-6-14/h2-7,12H,8-11H2,1H3,(H,21,22). The summed E-state index contributed by atoms with van der Waals surface area (Å²) >= 11 is 1.45. The predicted molar refractivity (Wildman–Crippen MR) is 89.9 cm³/mol. The lowest BCUT2D eigenvalue weighted by atomic mass is 9.73. The second-order valence-electron chi connectivity index (χ2n) is 5.98. The van der Waals surface area contributed by atoms with E-state index in [2.05, 4.69) is 0 Å². The van der Waals surface area contributed by atoms with Crippen molar-refractivity contribution in [3.8, 4) is 0 Å². The molecule has 1 aromatic heterocycles. The molecule has 0 bridgehead atoms. The highest BCUT2D eigenvalue weighted by Crippen LogP contribution is 2.36. The number of hydrogen-bond acceptors (Lipinski definition) is 3. The fraction of sp³-hybridized carbons (Fsp3) is 0.333. The molecule has 1 aromatic carbocycles. The number of thiophene rings is 1. The molecule has 23 heavy (non-hydrogen) atoms. The Kier molecular flexibility index (Phi) is 4.22. The van der Waals surface area contributed by atoms with Crippen LogP contribution < -0.4 is 0 Å². The largest absolute Gasteiger partial charge is 0.481 e. The van der Waals surface area contributed by atoms with Gasteiger partial charge in [-0.15, -0.1) is 11.3 Å². The van der Waals surface area contributed by atoms with Gasteiger partial charge in [-0.25, -0.2) is 0 Å². The summed E-state index contributed by atoms with van der Waals surface area (Å²) in [7, 11) is 0. The van der Waals surface area contributed by atoms with E-state index >= 15 is 0 Å². The first-order valence-electron chi connectivity index (χ1n) is 7.67. The fourth-order valence-electron chi connectivity index (χ4n) is 3.21. The third-order valence-corrected chi connectivity index (χ3v) is 5.70. The van der Waals surface area contributed by atoms with Gasteiger partial charge in [0.1, 0.15) is 0 Å². The third-order valence-electron chi connectivity index (χ3n) is 4.70. The fourth-order valence-corrected chi connectivity index (χ4v) is 4.10. The Morgan fingerprint density at radius 1 is 1.13 bits per heavy atom. The van der Waals surface area contributed by atoms with E-state index < -0.39 is 11.4 Å². The van der Waals surface area contributed by atoms with Gasteiger partial charge in [-0.3, -0.25) is 9.59 Å². The normalized spacial score (nSPS) is 17.0. The van der Waals surface area contributed by atoms with Crippen LogP contribution in [0.25, 0.3) is 0 Å². The molecule has 2 heterocycles. The highest BCUT2D eigenvalue weighted by atomic mass is 32.1. The SMILES string of the molecule is Cc1ccsc1C(=O)N1CCC(C(=O)O)(c2ccccc2)CC1. The predicted octanol–water partition coefficient (Wildman–Crippen LogP) is 3.32. The number of carbonyl (C=O) groups excluding carboxylic acids is 1. The summed E-state index contributed by atoms with van der Waals surface area (Å²) in [6.45, 7) is 2.87. The number of likely N-dealkylation sites (tertiary alicyclic amines) is 1. The van der Waals surface area contributed by atoms with Gasteiger partial charge in [0.05, 0.1) is 10.3 Å². The van der Waals surface area contributed by atoms with E-state index in [9.17, 15) is 14.7 Å². The Bertz CT molecular complexity index is 715. The van der Waals surface area contributed by atoms with Crippen molar-refractivity contribution >= 4 is 23.2 Å². The van der Waals surface area contributed by atoms with Crippen LogP contribution >= 0.6 is 11.3 Å². The number of carboxylic acid groups (broad SMARTS) is 1. The molecular weight excluding hydrogens is 310 g/mol. The van der Waals surface area contributed by atoms with Crippen molar-refractivity contribution in [2.24, 2.45) is 0 Å². The van der Waals surface area contributed by atoms with Gasteiger partial charge >= 0.3 is 5.97 Å². The van der Waals surface area contributed by atoms with E-state index in [1.54, 1.807) is 4.90 Å². The zero-order valence-corrected chi connectivity index (χ0v) is 13.8. The molecule has 0 unspecified atom stereocenters. The smallest absolute Gasteiger partial charge is 0.314 e. The van der Waals surface area contributed by atoms with Crippen molar-refractivity contribution in [3.63, 3.8) is 0 Å². The molecule has 1 N–H and O–H groups in total. The van der Waals surface area contributed by atoms with Crippen LogP contribution in [0, 0.1) is 6.92 Å². The average molecular weight is 329 g/mol. The minimum absolute atomic E-state index is 0.0181. The number of amides is 1. The molecule has 1 amide bonds. The highest BCUT2D eigenvalue weighted by Gasteiger charge is 2.44. The van der Waals surface area contributed by atoms with Crippen LogP contribution in [0.4, 0.5) is 0 Å². The second-order valence-corrected chi connectivity index (χ2v) is 6.89. The number of rotatable bonds is 3. The molecule has 0 saturated carbocycles. The minimum Gasteiger partial charge on any atom is -0.481 e. The zero-order chi connectivity index (χ0) is 16.4. The summed E-state index contributed by atoms with van der Waals surface area (Å²) in [4.78, 5) is 27.1. The van der Waals surface area contributed by atoms with Crippen molar-refractivity contribution in [3.05, 3.63) is 57.8 Å². The minimum atomic E-state index is -0.886. The molecule has 0 atom stereocenters. The number of nitrogens with zero attached hydrogens (tertiary/aromatic N) is 1. The van der Waals surface area contributed by atoms with Gasteiger partial charge in [-0.1, -0.05) is 30.3 Å². The molecule has 0 radical (unpaired) electrons. The molecule has 0 spiro atoms. The zero-order valence-electron chi connectivity index (χ0n) is 13.0. The summed E-state index contributed by atoms with van der Waals surface area (Å²) in [6.07, 6.45) is 0.894. The number of piperidine rings is 1. The monoisotopic (exact) mass is 329 g/mol. The number of carboxylic acids is 1. The molecule has 120 valence electrons. The third kappa shape index (κ3) is 2.77. The quantitative estimate of drug-likeness (QED) is 0.940. The lowest BCUT2D eigenvalue weighted by molar-refractivity contribution is -0.145. The maximum Gasteiger partial charge on any atom is 0.314 e. The van der Waals surface area contributed by atoms with E-state index in [4.69, 9.17) is 0 Å². The Labute approximate surface area is 139 Å². The van der Waals surface area contributed by atoms with E-state index in [0.717, 1.165) is 16.0 Å². The van der Waals surface area contributed by atoms with Gasteiger partial charge in [0.2, 0.25) is 0 Å². The average Bonchev–Trinajstić information content (AvgIpc) is 3.01. The van der Waals surface area contributed by atoms with Crippen LogP contribution in [0.15, 0.2) is 41.8 Å². The molecule has 1 aliphatic rings. The molecule has 1 aliphatic heterocycles. The lowest BCUT2D eigenvalue weighted by Crippen LogP contribution is -2.49. The summed E-state index contributed by atoms with van der Waals surface area (Å²) in [5.74, 6) is -0.785. The topological polar surface area (TPSA) is 57.6 Å². The summed E-state index contributed by atoms with van der Waals surface area (Å²) in [6, 6.07) is 11.3. The molecule has 1 saturated heterocycles. The maximum absolute atomic E-state index is 12.6. The molecule has 5 heteroatoms. The van der Waals surface area contributed by atoms with Gasteiger partial charge in [0, 0.05) is 13.1 Å². The van der Waals surface area contributed by atoms with Crippen molar-refractivity contribution in [1.29, 1.82) is 0 Å². The van der Waals surface area contributed by atoms with Crippen LogP contribution in [-0.2, 0) is 10.2 Å². The van der Waals surface area contributed by atoms with Crippen molar-refractivity contribution < 1.29 is 14.7 Å². The molecule has 1 fully saturated rings. The van der Waals surface area contributed by atoms with E-state index in [-0.39, 0.29) is 5.91 Å². The van der Waals surface area contributed by atoms with E-state index in [0.29, 0.717) is 25.9 Å². The summed E-state index contributed by atoms with van der Waals surface area (Å²) in [5, 5.41) is 11.7. The number of hydrogen-bond donors (Lipinski definition) is 1. The molecule has 0 aliphatic carbocycles. The lowest BCUT2D eigenvalue weighted by Gasteiger charge is -2.39. The number of benzene rings is 1. The molecule has 3 rings (SSSR count). The van der Waals surface area contributed by atoms with E-state index in [1.807, 2.05) is 48.7 Å². The van der Waals surface area contributed by atoms with Crippen molar-refractivity contribution in [2.45, 2.75) is 25.2 Å². The van der Waals surface area contributed by atoms with Gasteiger partial charge in [0.25, 0.3) is 5.91 Å². The van der Waals surface area contributed by atoms with Crippen LogP contribution in [0.1, 0.15) is 33.6 Å². The van der Waals surface area contributed by atoms with Gasteiger partial charge in [-0.05, 0) is 42.3 Å². The Balaban J connectivity index is 1.80. The molecule has 4 nitrogen and oxygen atoms in total. The first kappa shape index (κ1) is 15.7. The number of aryl methyl sites for hydroxylation is 1. The first-order valence-corrected chi connectivity index (χ1v) is 8.55. The van der Waals surface area contributed by atoms with Crippen molar-refractivity contribution in [1.82, 2.24) is 4.90 Å². The second kappa shape index (κ2) is 6.16. The van der Waals surface area contributed by atoms with Gasteiger partial charge in [-0.2, -0.15) is 0 Å². The maximum atomic E-state index is 12.6. The Morgan fingerprint density at radius 2 is 1.78 bits per heavy atom. The van der Waals surface area contributed by atoms with Crippen LogP contribution in [-0.4, -0.2) is 35.0 Å². The van der Waals surface area contributed by atoms with Gasteiger partial charge in [0.15, 0.2) is 0 Å². The molecule has 2 aromatic rings. The first-order chi connectivity index (χ1) is 11.0. The Morgan fingerprint density at radius 3 is 2.30 bits per heavy atom. The van der Waals surface area contributed by atoms with Crippen LogP contribution in [0.5, 0.6) is 0 Å². The summed E-state index contributed by atoms with van der Waals surface area (Å²) < 4.78 is 0. The number of carbonyl (C=O) groups is 2. The van der Waals surface area contributed by atoms with Crippen LogP contribution in [0.2, 0.25) is 0 Å². The summed E-state index contributed by atoms with van der Waals surface area (Å²) in [5.41, 5.74) is 0.924. The highest BCUT2D eigenvalue weighted by molar-refractivity contribution is 7.12.